The lowest BCUT2D eigenvalue weighted by Crippen LogP contribution is -2.42. The van der Waals surface area contributed by atoms with Crippen molar-refractivity contribution in [3.63, 3.8) is 0 Å². The number of hydrogen-bond donors (Lipinski definition) is 5. The van der Waals surface area contributed by atoms with Gasteiger partial charge >= 0.3 is 5.97 Å². The van der Waals surface area contributed by atoms with Crippen molar-refractivity contribution in [3.8, 4) is 0 Å². The van der Waals surface area contributed by atoms with Gasteiger partial charge in [-0.3, -0.25) is 20.4 Å². The first-order chi connectivity index (χ1) is 19.7. The van der Waals surface area contributed by atoms with Crippen molar-refractivity contribution in [3.05, 3.63) is 101 Å². The third kappa shape index (κ3) is 5.94. The lowest BCUT2D eigenvalue weighted by molar-refractivity contribution is 0.00952. The monoisotopic (exact) mass is 554 g/mol. The number of fused-ring (bicyclic) bond motifs is 1. The molecule has 5 N–H and O–H groups in total. The normalized spacial score (nSPS) is 13.9. The number of amides is 2. The second-order valence-electron chi connectivity index (χ2n) is 9.55. The standard InChI is InChI=1S/C28H26N8O5/c1-28(2)20-13-17(10-11-18(20)26(40)41-28)31-27-29-14-19(24(38)35-36-25(39)21-9-6-12-30-34-21)23(33-27)32-22(15-37)16-7-4-3-5-8-16/h3-14,22,37H,15H2,1-2H3,(H,35,38)(H,36,39)(H2,29,31,32,33)/t22-/m1/s1. The molecule has 3 heterocycles. The molecule has 0 saturated carbocycles. The fraction of sp³-hybridized carbons (Fsp3) is 0.179. The molecule has 1 aliphatic heterocycles. The molecular formula is C28H26N8O5. The average molecular weight is 555 g/mol. The number of benzene rings is 2. The highest BCUT2D eigenvalue weighted by atomic mass is 16.6. The number of aliphatic hydroxyl groups is 1. The van der Waals surface area contributed by atoms with Gasteiger partial charge in [-0.05, 0) is 49.7 Å². The summed E-state index contributed by atoms with van der Waals surface area (Å²) in [4.78, 5) is 46.3. The molecule has 1 aliphatic rings. The molecule has 0 unspecified atom stereocenters. The Morgan fingerprint density at radius 2 is 1.80 bits per heavy atom. The maximum atomic E-state index is 13.1. The summed E-state index contributed by atoms with van der Waals surface area (Å²) in [5.74, 6) is -1.54. The van der Waals surface area contributed by atoms with E-state index >= 15 is 0 Å². The Kier molecular flexibility index (Phi) is 7.52. The second-order valence-corrected chi connectivity index (χ2v) is 9.55. The van der Waals surface area contributed by atoms with Crippen molar-refractivity contribution in [2.24, 2.45) is 0 Å². The van der Waals surface area contributed by atoms with Crippen LogP contribution in [0.5, 0.6) is 0 Å². The minimum atomic E-state index is -0.792. The molecular weight excluding hydrogens is 528 g/mol. The zero-order valence-electron chi connectivity index (χ0n) is 22.1. The number of aliphatic hydroxyl groups excluding tert-OH is 1. The molecule has 0 fully saturated rings. The van der Waals surface area contributed by atoms with Crippen LogP contribution in [-0.4, -0.2) is 49.7 Å². The number of carbonyl (C=O) groups excluding carboxylic acids is 3. The zero-order valence-corrected chi connectivity index (χ0v) is 22.1. The predicted octanol–water partition coefficient (Wildman–Crippen LogP) is 2.64. The molecule has 1 atom stereocenters. The number of esters is 1. The smallest absolute Gasteiger partial charge is 0.339 e. The van der Waals surface area contributed by atoms with E-state index in [4.69, 9.17) is 4.74 Å². The molecule has 0 radical (unpaired) electrons. The van der Waals surface area contributed by atoms with Crippen LogP contribution in [0.3, 0.4) is 0 Å². The highest BCUT2D eigenvalue weighted by Crippen LogP contribution is 2.37. The summed E-state index contributed by atoms with van der Waals surface area (Å²) in [7, 11) is 0. The van der Waals surface area contributed by atoms with Gasteiger partial charge in [0.25, 0.3) is 11.8 Å². The Morgan fingerprint density at radius 3 is 2.54 bits per heavy atom. The minimum Gasteiger partial charge on any atom is -0.451 e. The van der Waals surface area contributed by atoms with E-state index in [1.165, 1.54) is 24.5 Å². The number of aromatic nitrogens is 4. The summed E-state index contributed by atoms with van der Waals surface area (Å²) in [6, 6.07) is 16.7. The van der Waals surface area contributed by atoms with Gasteiger partial charge in [0.05, 0.1) is 18.2 Å². The van der Waals surface area contributed by atoms with E-state index in [1.54, 1.807) is 32.0 Å². The number of ether oxygens (including phenoxy) is 1. The van der Waals surface area contributed by atoms with E-state index < -0.39 is 29.4 Å². The van der Waals surface area contributed by atoms with Gasteiger partial charge in [-0.2, -0.15) is 10.1 Å². The maximum absolute atomic E-state index is 13.1. The van der Waals surface area contributed by atoms with Crippen LogP contribution in [-0.2, 0) is 10.3 Å². The van der Waals surface area contributed by atoms with Crippen LogP contribution in [0.1, 0.15) is 62.2 Å². The summed E-state index contributed by atoms with van der Waals surface area (Å²) in [6.07, 6.45) is 2.70. The van der Waals surface area contributed by atoms with E-state index in [2.05, 4.69) is 41.7 Å². The van der Waals surface area contributed by atoms with E-state index in [1.807, 2.05) is 30.3 Å². The molecule has 13 heteroatoms. The Hall–Kier alpha value is -5.43. The van der Waals surface area contributed by atoms with Crippen LogP contribution in [0.4, 0.5) is 17.5 Å². The van der Waals surface area contributed by atoms with Crippen molar-refractivity contribution in [2.45, 2.75) is 25.5 Å². The van der Waals surface area contributed by atoms with E-state index in [0.717, 1.165) is 5.56 Å². The highest BCUT2D eigenvalue weighted by Gasteiger charge is 2.37. The fourth-order valence-corrected chi connectivity index (χ4v) is 4.24. The Bertz CT molecular complexity index is 1600. The first-order valence-corrected chi connectivity index (χ1v) is 12.6. The largest absolute Gasteiger partial charge is 0.451 e. The summed E-state index contributed by atoms with van der Waals surface area (Å²) < 4.78 is 5.44. The van der Waals surface area contributed by atoms with Gasteiger partial charge in [0.1, 0.15) is 17.0 Å². The molecule has 2 aromatic heterocycles. The molecule has 41 heavy (non-hydrogen) atoms. The average Bonchev–Trinajstić information content (AvgIpc) is 3.22. The van der Waals surface area contributed by atoms with Gasteiger partial charge < -0.3 is 20.5 Å². The number of anilines is 3. The molecule has 0 bridgehead atoms. The minimum absolute atomic E-state index is 0.00143. The summed E-state index contributed by atoms with van der Waals surface area (Å²) in [5, 5.41) is 23.6. The summed E-state index contributed by atoms with van der Waals surface area (Å²) in [5.41, 5.74) is 6.37. The van der Waals surface area contributed by atoms with Crippen molar-refractivity contribution in [2.75, 3.05) is 17.2 Å². The highest BCUT2D eigenvalue weighted by molar-refractivity contribution is 6.01. The van der Waals surface area contributed by atoms with Crippen molar-refractivity contribution >= 4 is 35.2 Å². The van der Waals surface area contributed by atoms with Gasteiger partial charge in [0, 0.05) is 23.6 Å². The molecule has 0 saturated heterocycles. The molecule has 4 aromatic rings. The first kappa shape index (κ1) is 27.1. The van der Waals surface area contributed by atoms with Crippen LogP contribution in [0, 0.1) is 0 Å². The molecule has 5 rings (SSSR count). The quantitative estimate of drug-likeness (QED) is 0.160. The van der Waals surface area contributed by atoms with E-state index in [-0.39, 0.29) is 29.6 Å². The lowest BCUT2D eigenvalue weighted by Gasteiger charge is -2.20. The number of nitrogens with zero attached hydrogens (tertiary/aromatic N) is 4. The summed E-state index contributed by atoms with van der Waals surface area (Å²) >= 11 is 0. The van der Waals surface area contributed by atoms with Gasteiger partial charge in [-0.1, -0.05) is 30.3 Å². The molecule has 2 aromatic carbocycles. The van der Waals surface area contributed by atoms with Crippen molar-refractivity contribution < 1.29 is 24.2 Å². The first-order valence-electron chi connectivity index (χ1n) is 12.6. The number of rotatable bonds is 8. The Morgan fingerprint density at radius 1 is 1.02 bits per heavy atom. The number of hydrazine groups is 1. The van der Waals surface area contributed by atoms with Crippen molar-refractivity contribution in [1.82, 2.24) is 31.0 Å². The number of hydrogen-bond acceptors (Lipinski definition) is 11. The maximum Gasteiger partial charge on any atom is 0.339 e. The number of cyclic esters (lactones) is 1. The van der Waals surface area contributed by atoms with Gasteiger partial charge in [0.2, 0.25) is 5.95 Å². The third-order valence-electron chi connectivity index (χ3n) is 6.32. The third-order valence-corrected chi connectivity index (χ3v) is 6.32. The topological polar surface area (TPSA) is 180 Å². The lowest BCUT2D eigenvalue weighted by atomic mass is 9.95. The van der Waals surface area contributed by atoms with Crippen LogP contribution >= 0.6 is 0 Å². The van der Waals surface area contributed by atoms with Crippen LogP contribution < -0.4 is 21.5 Å². The van der Waals surface area contributed by atoms with Crippen molar-refractivity contribution in [1.29, 1.82) is 0 Å². The van der Waals surface area contributed by atoms with Gasteiger partial charge in [-0.25, -0.2) is 9.78 Å². The molecule has 13 nitrogen and oxygen atoms in total. The Labute approximate surface area is 234 Å². The van der Waals surface area contributed by atoms with Gasteiger partial charge in [0.15, 0.2) is 5.69 Å². The van der Waals surface area contributed by atoms with E-state index in [9.17, 15) is 19.5 Å². The fourth-order valence-electron chi connectivity index (χ4n) is 4.24. The Balaban J connectivity index is 1.42. The molecule has 208 valence electrons. The SMILES string of the molecule is CC1(C)OC(=O)c2ccc(Nc3ncc(C(=O)NNC(=O)c4cccnn4)c(N[C@H](CO)c4ccccc4)n3)cc21. The van der Waals surface area contributed by atoms with Gasteiger partial charge in [-0.15, -0.1) is 5.10 Å². The predicted molar refractivity (Wildman–Crippen MR) is 147 cm³/mol. The van der Waals surface area contributed by atoms with Crippen LogP contribution in [0.25, 0.3) is 0 Å². The second kappa shape index (κ2) is 11.4. The number of nitrogens with one attached hydrogen (secondary N) is 4. The molecule has 2 amide bonds. The summed E-state index contributed by atoms with van der Waals surface area (Å²) in [6.45, 7) is 3.30. The zero-order chi connectivity index (χ0) is 29.0. The molecule has 0 aliphatic carbocycles. The van der Waals surface area contributed by atoms with Crippen LogP contribution in [0.15, 0.2) is 73.1 Å². The number of carbonyl (C=O) groups is 3. The van der Waals surface area contributed by atoms with Crippen LogP contribution in [0.2, 0.25) is 0 Å². The molecule has 0 spiro atoms. The van der Waals surface area contributed by atoms with E-state index in [0.29, 0.717) is 16.8 Å².